The molecule has 0 bridgehead atoms. The topological polar surface area (TPSA) is 9.23 Å². The summed E-state index contributed by atoms with van der Waals surface area (Å²) in [4.78, 5) is 0. The number of hydrogen-bond acceptors (Lipinski definition) is 1. The Morgan fingerprint density at radius 3 is 2.71 bits per heavy atom. The summed E-state index contributed by atoms with van der Waals surface area (Å²) in [7, 11) is 1.70. The molecule has 86 valence electrons. The van der Waals surface area contributed by atoms with E-state index in [2.05, 4.69) is 36.4 Å². The van der Waals surface area contributed by atoms with E-state index in [9.17, 15) is 0 Å². The fourth-order valence-corrected chi connectivity index (χ4v) is 2.60. The summed E-state index contributed by atoms with van der Waals surface area (Å²) in [6.45, 7) is 0. The summed E-state index contributed by atoms with van der Waals surface area (Å²) in [6.07, 6.45) is 11.5. The van der Waals surface area contributed by atoms with Crippen LogP contribution in [0.25, 0.3) is 0 Å². The molecule has 1 aromatic carbocycles. The zero-order valence-electron chi connectivity index (χ0n) is 10.0. The maximum atomic E-state index is 5.19. The quantitative estimate of drug-likeness (QED) is 0.738. The van der Waals surface area contributed by atoms with Gasteiger partial charge in [-0.3, -0.25) is 0 Å². The summed E-state index contributed by atoms with van der Waals surface area (Å²) in [5, 5.41) is 0. The summed E-state index contributed by atoms with van der Waals surface area (Å²) >= 11 is 0. The second-order valence-electron chi connectivity index (χ2n) is 4.53. The first kappa shape index (κ1) is 10.4. The van der Waals surface area contributed by atoms with Crippen LogP contribution in [-0.2, 0) is 0 Å². The third kappa shape index (κ3) is 1.82. The van der Waals surface area contributed by atoms with Gasteiger partial charge in [0.1, 0.15) is 5.75 Å². The van der Waals surface area contributed by atoms with Gasteiger partial charge in [-0.05, 0) is 41.7 Å². The van der Waals surface area contributed by atoms with Crippen molar-refractivity contribution in [2.75, 3.05) is 7.11 Å². The Hall–Kier alpha value is -1.76. The average Bonchev–Trinajstić information content (AvgIpc) is 2.83. The van der Waals surface area contributed by atoms with E-state index in [-0.39, 0.29) is 0 Å². The van der Waals surface area contributed by atoms with Crippen LogP contribution in [0, 0.1) is 0 Å². The molecule has 0 radical (unpaired) electrons. The minimum absolute atomic E-state index is 0.437. The van der Waals surface area contributed by atoms with Crippen molar-refractivity contribution in [3.8, 4) is 5.75 Å². The van der Waals surface area contributed by atoms with Gasteiger partial charge in [-0.2, -0.15) is 0 Å². The molecule has 0 aromatic heterocycles. The minimum Gasteiger partial charge on any atom is -0.497 e. The van der Waals surface area contributed by atoms with E-state index in [1.807, 2.05) is 12.1 Å². The second kappa shape index (κ2) is 4.25. The molecular weight excluding hydrogens is 208 g/mol. The lowest BCUT2D eigenvalue weighted by molar-refractivity contribution is 0.414. The molecule has 1 heteroatoms. The van der Waals surface area contributed by atoms with Crippen molar-refractivity contribution in [3.63, 3.8) is 0 Å². The van der Waals surface area contributed by atoms with Gasteiger partial charge < -0.3 is 4.74 Å². The third-order valence-electron chi connectivity index (χ3n) is 3.55. The molecule has 1 aromatic rings. The van der Waals surface area contributed by atoms with Gasteiger partial charge in [-0.1, -0.05) is 36.4 Å². The Kier molecular flexibility index (Phi) is 2.60. The molecule has 0 N–H and O–H groups in total. The maximum absolute atomic E-state index is 5.19. The van der Waals surface area contributed by atoms with Crippen LogP contribution in [0.3, 0.4) is 0 Å². The molecule has 0 aliphatic heterocycles. The van der Waals surface area contributed by atoms with Gasteiger partial charge >= 0.3 is 0 Å². The molecule has 0 fully saturated rings. The molecule has 1 unspecified atom stereocenters. The molecule has 3 rings (SSSR count). The normalized spacial score (nSPS) is 21.8. The first-order valence-corrected chi connectivity index (χ1v) is 6.10. The van der Waals surface area contributed by atoms with Gasteiger partial charge in [0.25, 0.3) is 0 Å². The zero-order chi connectivity index (χ0) is 11.7. The Morgan fingerprint density at radius 2 is 1.94 bits per heavy atom. The first-order chi connectivity index (χ1) is 8.38. The second-order valence-corrected chi connectivity index (χ2v) is 4.53. The van der Waals surface area contributed by atoms with Crippen LogP contribution in [0.15, 0.2) is 59.7 Å². The van der Waals surface area contributed by atoms with Gasteiger partial charge in [0, 0.05) is 5.92 Å². The van der Waals surface area contributed by atoms with Gasteiger partial charge in [0.05, 0.1) is 7.11 Å². The maximum Gasteiger partial charge on any atom is 0.118 e. The van der Waals surface area contributed by atoms with E-state index in [1.54, 1.807) is 7.11 Å². The van der Waals surface area contributed by atoms with Gasteiger partial charge in [0.15, 0.2) is 0 Å². The van der Waals surface area contributed by atoms with E-state index in [0.29, 0.717) is 5.92 Å². The Bertz CT molecular complexity index is 503. The number of hydrogen-bond donors (Lipinski definition) is 0. The lowest BCUT2D eigenvalue weighted by atomic mass is 9.89. The molecule has 0 spiro atoms. The fraction of sp³-hybridized carbons (Fsp3) is 0.250. The lowest BCUT2D eigenvalue weighted by Crippen LogP contribution is -1.98. The molecule has 1 nitrogen and oxygen atoms in total. The minimum atomic E-state index is 0.437. The number of rotatable bonds is 2. The summed E-state index contributed by atoms with van der Waals surface area (Å²) in [5.74, 6) is 1.36. The fourth-order valence-electron chi connectivity index (χ4n) is 2.60. The monoisotopic (exact) mass is 224 g/mol. The highest BCUT2D eigenvalue weighted by molar-refractivity contribution is 5.52. The molecule has 0 saturated heterocycles. The van der Waals surface area contributed by atoms with Crippen molar-refractivity contribution < 1.29 is 4.74 Å². The summed E-state index contributed by atoms with van der Waals surface area (Å²) in [5.41, 5.74) is 4.33. The smallest absolute Gasteiger partial charge is 0.118 e. The number of benzene rings is 1. The number of ether oxygens (including phenoxy) is 1. The zero-order valence-corrected chi connectivity index (χ0v) is 10.0. The molecule has 2 aliphatic carbocycles. The first-order valence-electron chi connectivity index (χ1n) is 6.10. The standard InChI is InChI=1S/C16H16O/c1-17-14-9-6-13(7-10-14)16-11-8-12-4-2-3-5-15(12)16/h3,5-11,16H,2,4H2,1H3. The highest BCUT2D eigenvalue weighted by Crippen LogP contribution is 2.39. The van der Waals surface area contributed by atoms with Crippen LogP contribution in [0.1, 0.15) is 24.3 Å². The Morgan fingerprint density at radius 1 is 1.12 bits per heavy atom. The predicted octanol–water partition coefficient (Wildman–Crippen LogP) is 4.00. The van der Waals surface area contributed by atoms with Gasteiger partial charge in [-0.25, -0.2) is 0 Å². The van der Waals surface area contributed by atoms with E-state index >= 15 is 0 Å². The van der Waals surface area contributed by atoms with E-state index in [0.717, 1.165) is 5.75 Å². The van der Waals surface area contributed by atoms with Crippen molar-refractivity contribution in [2.45, 2.75) is 18.8 Å². The Labute approximate surface area is 102 Å². The third-order valence-corrected chi connectivity index (χ3v) is 3.55. The van der Waals surface area contributed by atoms with Crippen molar-refractivity contribution in [3.05, 3.63) is 65.3 Å². The van der Waals surface area contributed by atoms with Crippen molar-refractivity contribution in [1.82, 2.24) is 0 Å². The molecule has 2 aliphatic rings. The van der Waals surface area contributed by atoms with Gasteiger partial charge in [0.2, 0.25) is 0 Å². The van der Waals surface area contributed by atoms with Crippen LogP contribution in [0.2, 0.25) is 0 Å². The van der Waals surface area contributed by atoms with Crippen LogP contribution >= 0.6 is 0 Å². The summed E-state index contributed by atoms with van der Waals surface area (Å²) in [6, 6.07) is 8.39. The van der Waals surface area contributed by atoms with E-state index < -0.39 is 0 Å². The van der Waals surface area contributed by atoms with Crippen LogP contribution in [-0.4, -0.2) is 7.11 Å². The average molecular weight is 224 g/mol. The van der Waals surface area contributed by atoms with Gasteiger partial charge in [-0.15, -0.1) is 0 Å². The molecule has 0 amide bonds. The van der Waals surface area contributed by atoms with E-state index in [1.165, 1.54) is 29.6 Å². The Balaban J connectivity index is 1.92. The lowest BCUT2D eigenvalue weighted by Gasteiger charge is -2.15. The summed E-state index contributed by atoms with van der Waals surface area (Å²) < 4.78 is 5.19. The highest BCUT2D eigenvalue weighted by Gasteiger charge is 2.21. The SMILES string of the molecule is COc1ccc(C2C=CC3=C2C=CCC3)cc1. The highest BCUT2D eigenvalue weighted by atomic mass is 16.5. The molecule has 0 heterocycles. The largest absolute Gasteiger partial charge is 0.497 e. The molecule has 0 saturated carbocycles. The molecule has 17 heavy (non-hydrogen) atoms. The van der Waals surface area contributed by atoms with Crippen molar-refractivity contribution >= 4 is 0 Å². The van der Waals surface area contributed by atoms with Crippen LogP contribution < -0.4 is 4.74 Å². The number of methoxy groups -OCH3 is 1. The van der Waals surface area contributed by atoms with Crippen LogP contribution in [0.4, 0.5) is 0 Å². The van der Waals surface area contributed by atoms with Crippen molar-refractivity contribution in [1.29, 1.82) is 0 Å². The van der Waals surface area contributed by atoms with E-state index in [4.69, 9.17) is 4.74 Å². The van der Waals surface area contributed by atoms with Crippen molar-refractivity contribution in [2.24, 2.45) is 0 Å². The molecule has 1 atom stereocenters. The predicted molar refractivity (Wildman–Crippen MR) is 70.3 cm³/mol. The number of allylic oxidation sites excluding steroid dienone is 6. The van der Waals surface area contributed by atoms with Crippen LogP contribution in [0.5, 0.6) is 5.75 Å². The molecular formula is C16H16O.